The van der Waals surface area contributed by atoms with Crippen LogP contribution in [0, 0.1) is 0 Å². The standard InChI is InChI=1S/C25H23N3OS/c1-3-19-9-11-21(12-10-19)24-17-30-25(26-24)28-27-18(2)20-13-15-23(16-14-20)29-22-7-5-4-6-8-22/h4-17H,3H2,1-2H3,(H,26,28). The second-order valence-corrected chi connectivity index (χ2v) is 7.69. The summed E-state index contributed by atoms with van der Waals surface area (Å²) in [5, 5.41) is 7.30. The average molecular weight is 414 g/mol. The number of hydrogen-bond donors (Lipinski definition) is 1. The normalized spacial score (nSPS) is 11.3. The van der Waals surface area contributed by atoms with Gasteiger partial charge in [0.2, 0.25) is 5.13 Å². The summed E-state index contributed by atoms with van der Waals surface area (Å²) in [5.41, 5.74) is 8.38. The van der Waals surface area contributed by atoms with Crippen molar-refractivity contribution in [2.45, 2.75) is 20.3 Å². The van der Waals surface area contributed by atoms with E-state index in [0.717, 1.165) is 45.6 Å². The van der Waals surface area contributed by atoms with Gasteiger partial charge in [-0.25, -0.2) is 4.98 Å². The molecule has 30 heavy (non-hydrogen) atoms. The van der Waals surface area contributed by atoms with E-state index in [1.807, 2.05) is 66.9 Å². The number of hydrogen-bond acceptors (Lipinski definition) is 5. The van der Waals surface area contributed by atoms with Crippen LogP contribution >= 0.6 is 11.3 Å². The molecule has 5 heteroatoms. The van der Waals surface area contributed by atoms with Crippen LogP contribution < -0.4 is 10.2 Å². The first-order chi connectivity index (χ1) is 14.7. The molecule has 0 radical (unpaired) electrons. The number of ether oxygens (including phenoxy) is 1. The van der Waals surface area contributed by atoms with Crippen LogP contribution in [0.25, 0.3) is 11.3 Å². The SMILES string of the molecule is CCc1ccc(-c2csc(NN=C(C)c3ccc(Oc4ccccc4)cc3)n2)cc1. The van der Waals surface area contributed by atoms with Crippen molar-refractivity contribution in [3.05, 3.63) is 95.4 Å². The van der Waals surface area contributed by atoms with Crippen molar-refractivity contribution in [2.24, 2.45) is 5.10 Å². The lowest BCUT2D eigenvalue weighted by atomic mass is 10.1. The zero-order valence-corrected chi connectivity index (χ0v) is 17.8. The van der Waals surface area contributed by atoms with E-state index in [0.29, 0.717) is 0 Å². The summed E-state index contributed by atoms with van der Waals surface area (Å²) in [5.74, 6) is 1.62. The van der Waals surface area contributed by atoms with Crippen LogP contribution in [-0.2, 0) is 6.42 Å². The Bertz CT molecular complexity index is 1120. The summed E-state index contributed by atoms with van der Waals surface area (Å²) in [4.78, 5) is 4.64. The summed E-state index contributed by atoms with van der Waals surface area (Å²) in [6, 6.07) is 26.2. The minimum atomic E-state index is 0.771. The second-order valence-electron chi connectivity index (χ2n) is 6.84. The monoisotopic (exact) mass is 413 g/mol. The molecule has 1 heterocycles. The first-order valence-electron chi connectivity index (χ1n) is 9.90. The summed E-state index contributed by atoms with van der Waals surface area (Å²) >= 11 is 1.55. The van der Waals surface area contributed by atoms with Gasteiger partial charge < -0.3 is 4.74 Å². The van der Waals surface area contributed by atoms with Crippen LogP contribution in [0.15, 0.2) is 89.3 Å². The number of benzene rings is 3. The summed E-state index contributed by atoms with van der Waals surface area (Å²) < 4.78 is 5.84. The first kappa shape index (κ1) is 19.9. The van der Waals surface area contributed by atoms with Gasteiger partial charge in [-0.15, -0.1) is 11.3 Å². The van der Waals surface area contributed by atoms with Crippen molar-refractivity contribution in [1.82, 2.24) is 4.98 Å². The quantitative estimate of drug-likeness (QED) is 0.262. The maximum absolute atomic E-state index is 5.84. The fraction of sp³-hybridized carbons (Fsp3) is 0.120. The largest absolute Gasteiger partial charge is 0.457 e. The molecule has 0 aliphatic carbocycles. The van der Waals surface area contributed by atoms with Gasteiger partial charge in [-0.2, -0.15) is 5.10 Å². The van der Waals surface area contributed by atoms with Crippen LogP contribution in [0.3, 0.4) is 0 Å². The molecule has 150 valence electrons. The van der Waals surface area contributed by atoms with Gasteiger partial charge in [0.1, 0.15) is 11.5 Å². The maximum atomic E-state index is 5.84. The van der Waals surface area contributed by atoms with Gasteiger partial charge in [0.15, 0.2) is 0 Å². The molecule has 4 nitrogen and oxygen atoms in total. The molecule has 0 aliphatic rings. The number of para-hydroxylation sites is 1. The minimum Gasteiger partial charge on any atom is -0.457 e. The Morgan fingerprint density at radius 2 is 1.63 bits per heavy atom. The van der Waals surface area contributed by atoms with Gasteiger partial charge in [0, 0.05) is 10.9 Å². The van der Waals surface area contributed by atoms with Gasteiger partial charge in [-0.05, 0) is 60.9 Å². The van der Waals surface area contributed by atoms with Gasteiger partial charge >= 0.3 is 0 Å². The van der Waals surface area contributed by atoms with Crippen molar-refractivity contribution in [1.29, 1.82) is 0 Å². The Morgan fingerprint density at radius 3 is 2.33 bits per heavy atom. The predicted molar refractivity (Wildman–Crippen MR) is 126 cm³/mol. The Labute approximate surface area is 180 Å². The molecule has 0 unspecified atom stereocenters. The molecule has 0 saturated heterocycles. The Morgan fingerprint density at radius 1 is 0.933 bits per heavy atom. The third-order valence-corrected chi connectivity index (χ3v) is 5.48. The van der Waals surface area contributed by atoms with Crippen LogP contribution in [-0.4, -0.2) is 10.7 Å². The lowest BCUT2D eigenvalue weighted by Gasteiger charge is -2.06. The topological polar surface area (TPSA) is 46.5 Å². The number of hydrazone groups is 1. The molecule has 4 aromatic rings. The van der Waals surface area contributed by atoms with E-state index in [-0.39, 0.29) is 0 Å². The zero-order chi connectivity index (χ0) is 20.8. The van der Waals surface area contributed by atoms with Gasteiger partial charge in [0.05, 0.1) is 11.4 Å². The lowest BCUT2D eigenvalue weighted by Crippen LogP contribution is -1.99. The fourth-order valence-electron chi connectivity index (χ4n) is 2.95. The van der Waals surface area contributed by atoms with E-state index >= 15 is 0 Å². The first-order valence-corrected chi connectivity index (χ1v) is 10.8. The highest BCUT2D eigenvalue weighted by atomic mass is 32.1. The number of nitrogens with zero attached hydrogens (tertiary/aromatic N) is 2. The van der Waals surface area contributed by atoms with Gasteiger partial charge in [-0.3, -0.25) is 5.43 Å². The maximum Gasteiger partial charge on any atom is 0.203 e. The summed E-state index contributed by atoms with van der Waals surface area (Å²) in [6.07, 6.45) is 1.04. The smallest absolute Gasteiger partial charge is 0.203 e. The summed E-state index contributed by atoms with van der Waals surface area (Å²) in [6.45, 7) is 4.13. The van der Waals surface area contributed by atoms with Crippen molar-refractivity contribution in [3.8, 4) is 22.8 Å². The molecular weight excluding hydrogens is 390 g/mol. The molecule has 1 N–H and O–H groups in total. The summed E-state index contributed by atoms with van der Waals surface area (Å²) in [7, 11) is 0. The molecule has 3 aromatic carbocycles. The van der Waals surface area contributed by atoms with Crippen LogP contribution in [0.1, 0.15) is 25.0 Å². The van der Waals surface area contributed by atoms with Crippen LogP contribution in [0.5, 0.6) is 11.5 Å². The number of aromatic nitrogens is 1. The Balaban J connectivity index is 1.39. The van der Waals surface area contributed by atoms with Gasteiger partial charge in [-0.1, -0.05) is 49.4 Å². The van der Waals surface area contributed by atoms with E-state index in [1.54, 1.807) is 11.3 Å². The van der Waals surface area contributed by atoms with Crippen LogP contribution in [0.4, 0.5) is 5.13 Å². The van der Waals surface area contributed by atoms with E-state index < -0.39 is 0 Å². The van der Waals surface area contributed by atoms with Crippen molar-refractivity contribution in [2.75, 3.05) is 5.43 Å². The molecule has 0 spiro atoms. The fourth-order valence-corrected chi connectivity index (χ4v) is 3.62. The number of nitrogens with one attached hydrogen (secondary N) is 1. The molecule has 0 fully saturated rings. The van der Waals surface area contributed by atoms with Crippen molar-refractivity contribution < 1.29 is 4.74 Å². The molecule has 1 aromatic heterocycles. The number of anilines is 1. The van der Waals surface area contributed by atoms with E-state index in [9.17, 15) is 0 Å². The molecule has 0 amide bonds. The Hall–Kier alpha value is -3.44. The van der Waals surface area contributed by atoms with E-state index in [4.69, 9.17) is 4.74 Å². The second kappa shape index (κ2) is 9.37. The highest BCUT2D eigenvalue weighted by molar-refractivity contribution is 7.14. The van der Waals surface area contributed by atoms with E-state index in [1.165, 1.54) is 5.56 Å². The molecule has 0 saturated carbocycles. The highest BCUT2D eigenvalue weighted by Gasteiger charge is 2.05. The number of rotatable bonds is 7. The van der Waals surface area contributed by atoms with Gasteiger partial charge in [0.25, 0.3) is 0 Å². The van der Waals surface area contributed by atoms with E-state index in [2.05, 4.69) is 46.7 Å². The van der Waals surface area contributed by atoms with Crippen molar-refractivity contribution >= 4 is 22.2 Å². The third kappa shape index (κ3) is 4.93. The predicted octanol–water partition coefficient (Wildman–Crippen LogP) is 7.00. The highest BCUT2D eigenvalue weighted by Crippen LogP contribution is 2.26. The molecule has 0 bridgehead atoms. The molecule has 0 aliphatic heterocycles. The molecule has 0 atom stereocenters. The average Bonchev–Trinajstić information content (AvgIpc) is 3.28. The number of aryl methyl sites for hydroxylation is 1. The lowest BCUT2D eigenvalue weighted by molar-refractivity contribution is 0.482. The Kier molecular flexibility index (Phi) is 6.20. The van der Waals surface area contributed by atoms with Crippen molar-refractivity contribution in [3.63, 3.8) is 0 Å². The minimum absolute atomic E-state index is 0.771. The zero-order valence-electron chi connectivity index (χ0n) is 17.0. The van der Waals surface area contributed by atoms with Crippen LogP contribution in [0.2, 0.25) is 0 Å². The molecular formula is C25H23N3OS. The molecule has 4 rings (SSSR count). The third-order valence-electron chi connectivity index (χ3n) is 4.73. The number of thiazole rings is 1.